The Morgan fingerprint density at radius 3 is 2.95 bits per heavy atom. The van der Waals surface area contributed by atoms with Crippen LogP contribution in [0.25, 0.3) is 0 Å². The van der Waals surface area contributed by atoms with Crippen LogP contribution in [0.3, 0.4) is 0 Å². The standard InChI is InChI=1S/C18H22N2/c1-2-9-16-14(6-1)7-5-8-15(16)12-20-13-19-17-10-3-4-11-18(17)20/h1-2,6,9,13,15H,3-5,7-8,10-12H2. The van der Waals surface area contributed by atoms with Crippen molar-refractivity contribution in [2.24, 2.45) is 0 Å². The van der Waals surface area contributed by atoms with Gasteiger partial charge in [0.25, 0.3) is 0 Å². The molecule has 1 heterocycles. The molecule has 0 radical (unpaired) electrons. The monoisotopic (exact) mass is 266 g/mol. The van der Waals surface area contributed by atoms with E-state index in [4.69, 9.17) is 0 Å². The molecule has 104 valence electrons. The maximum atomic E-state index is 4.64. The summed E-state index contributed by atoms with van der Waals surface area (Å²) in [5, 5.41) is 0. The van der Waals surface area contributed by atoms with Crippen LogP contribution in [0, 0.1) is 0 Å². The maximum absolute atomic E-state index is 4.64. The smallest absolute Gasteiger partial charge is 0.0951 e. The molecule has 1 aromatic heterocycles. The fraction of sp³-hybridized carbons (Fsp3) is 0.500. The van der Waals surface area contributed by atoms with Crippen molar-refractivity contribution in [3.05, 3.63) is 53.1 Å². The average Bonchev–Trinajstić information content (AvgIpc) is 2.91. The molecule has 1 unspecified atom stereocenters. The number of aryl methyl sites for hydroxylation is 2. The van der Waals surface area contributed by atoms with Crippen molar-refractivity contribution < 1.29 is 0 Å². The highest BCUT2D eigenvalue weighted by molar-refractivity contribution is 5.32. The lowest BCUT2D eigenvalue weighted by atomic mass is 9.82. The summed E-state index contributed by atoms with van der Waals surface area (Å²) in [6.45, 7) is 1.12. The highest BCUT2D eigenvalue weighted by Gasteiger charge is 2.22. The molecule has 0 saturated carbocycles. The lowest BCUT2D eigenvalue weighted by Crippen LogP contribution is -2.17. The normalized spacial score (nSPS) is 21.3. The van der Waals surface area contributed by atoms with Gasteiger partial charge in [0.1, 0.15) is 0 Å². The van der Waals surface area contributed by atoms with Gasteiger partial charge in [-0.1, -0.05) is 24.3 Å². The number of aromatic nitrogens is 2. The van der Waals surface area contributed by atoms with E-state index in [0.29, 0.717) is 5.92 Å². The van der Waals surface area contributed by atoms with Crippen molar-refractivity contribution in [2.75, 3.05) is 0 Å². The molecule has 2 nitrogen and oxygen atoms in total. The third-order valence-electron chi connectivity index (χ3n) is 5.02. The van der Waals surface area contributed by atoms with Gasteiger partial charge in [-0.15, -0.1) is 0 Å². The molecule has 4 rings (SSSR count). The third-order valence-corrected chi connectivity index (χ3v) is 5.02. The van der Waals surface area contributed by atoms with Gasteiger partial charge < -0.3 is 4.57 Å². The van der Waals surface area contributed by atoms with Crippen molar-refractivity contribution in [1.82, 2.24) is 9.55 Å². The van der Waals surface area contributed by atoms with Crippen LogP contribution in [0.2, 0.25) is 0 Å². The minimum atomic E-state index is 0.681. The number of nitrogens with zero attached hydrogens (tertiary/aromatic N) is 2. The summed E-state index contributed by atoms with van der Waals surface area (Å²) in [5.41, 5.74) is 6.02. The molecule has 0 amide bonds. The Kier molecular flexibility index (Phi) is 3.10. The lowest BCUT2D eigenvalue weighted by Gasteiger charge is -2.27. The Morgan fingerprint density at radius 1 is 1.05 bits per heavy atom. The predicted octanol–water partition coefficient (Wildman–Crippen LogP) is 3.88. The largest absolute Gasteiger partial charge is 0.334 e. The van der Waals surface area contributed by atoms with E-state index in [9.17, 15) is 0 Å². The van der Waals surface area contributed by atoms with E-state index >= 15 is 0 Å². The van der Waals surface area contributed by atoms with Crippen molar-refractivity contribution in [3.8, 4) is 0 Å². The van der Waals surface area contributed by atoms with E-state index in [-0.39, 0.29) is 0 Å². The average molecular weight is 266 g/mol. The SMILES string of the molecule is c1ccc2c(c1)CCCC2Cn1cnc2c1CCCC2. The molecule has 1 aromatic carbocycles. The highest BCUT2D eigenvalue weighted by atomic mass is 15.1. The lowest BCUT2D eigenvalue weighted by molar-refractivity contribution is 0.470. The second-order valence-electron chi connectivity index (χ2n) is 6.29. The first-order valence-corrected chi connectivity index (χ1v) is 8.02. The zero-order chi connectivity index (χ0) is 13.4. The fourth-order valence-electron chi connectivity index (χ4n) is 3.97. The molecule has 0 aliphatic heterocycles. The van der Waals surface area contributed by atoms with E-state index in [0.717, 1.165) is 6.54 Å². The van der Waals surface area contributed by atoms with Crippen LogP contribution >= 0.6 is 0 Å². The van der Waals surface area contributed by atoms with Crippen molar-refractivity contribution in [1.29, 1.82) is 0 Å². The van der Waals surface area contributed by atoms with Crippen molar-refractivity contribution in [3.63, 3.8) is 0 Å². The van der Waals surface area contributed by atoms with Gasteiger partial charge in [-0.05, 0) is 56.1 Å². The highest BCUT2D eigenvalue weighted by Crippen LogP contribution is 2.33. The van der Waals surface area contributed by atoms with Crippen LogP contribution in [0.15, 0.2) is 30.6 Å². The summed E-state index contributed by atoms with van der Waals surface area (Å²) in [6.07, 6.45) is 11.1. The van der Waals surface area contributed by atoms with E-state index in [1.807, 2.05) is 0 Å². The third kappa shape index (κ3) is 2.07. The minimum absolute atomic E-state index is 0.681. The van der Waals surface area contributed by atoms with E-state index in [2.05, 4.69) is 40.1 Å². The fourth-order valence-corrected chi connectivity index (χ4v) is 3.97. The van der Waals surface area contributed by atoms with Crippen LogP contribution in [0.5, 0.6) is 0 Å². The summed E-state index contributed by atoms with van der Waals surface area (Å²) in [6, 6.07) is 9.02. The molecule has 20 heavy (non-hydrogen) atoms. The van der Waals surface area contributed by atoms with Crippen molar-refractivity contribution >= 4 is 0 Å². The number of hydrogen-bond acceptors (Lipinski definition) is 1. The Labute approximate surface area is 120 Å². The summed E-state index contributed by atoms with van der Waals surface area (Å²) < 4.78 is 2.45. The number of fused-ring (bicyclic) bond motifs is 2. The second kappa shape index (κ2) is 5.08. The first kappa shape index (κ1) is 12.2. The van der Waals surface area contributed by atoms with E-state index in [1.54, 1.807) is 11.1 Å². The number of hydrogen-bond donors (Lipinski definition) is 0. The number of benzene rings is 1. The topological polar surface area (TPSA) is 17.8 Å². The predicted molar refractivity (Wildman–Crippen MR) is 81.0 cm³/mol. The Morgan fingerprint density at radius 2 is 1.95 bits per heavy atom. The number of rotatable bonds is 2. The molecular formula is C18H22N2. The molecule has 0 N–H and O–H groups in total. The maximum Gasteiger partial charge on any atom is 0.0951 e. The van der Waals surface area contributed by atoms with Crippen LogP contribution in [0.1, 0.15) is 54.1 Å². The van der Waals surface area contributed by atoms with E-state index < -0.39 is 0 Å². The molecule has 1 atom stereocenters. The number of imidazole rings is 1. The molecule has 0 saturated heterocycles. The summed E-state index contributed by atoms with van der Waals surface area (Å²) in [5.74, 6) is 0.681. The van der Waals surface area contributed by atoms with Crippen LogP contribution < -0.4 is 0 Å². The zero-order valence-corrected chi connectivity index (χ0v) is 12.0. The van der Waals surface area contributed by atoms with Gasteiger partial charge in [0.2, 0.25) is 0 Å². The Hall–Kier alpha value is -1.57. The summed E-state index contributed by atoms with van der Waals surface area (Å²) in [4.78, 5) is 4.64. The second-order valence-corrected chi connectivity index (χ2v) is 6.29. The molecule has 2 heteroatoms. The first-order chi connectivity index (χ1) is 9.92. The quantitative estimate of drug-likeness (QED) is 0.806. The van der Waals surface area contributed by atoms with Crippen LogP contribution in [-0.4, -0.2) is 9.55 Å². The van der Waals surface area contributed by atoms with Gasteiger partial charge in [0, 0.05) is 18.2 Å². The first-order valence-electron chi connectivity index (χ1n) is 8.02. The van der Waals surface area contributed by atoms with Crippen LogP contribution in [-0.2, 0) is 25.8 Å². The van der Waals surface area contributed by atoms with Gasteiger partial charge in [0.15, 0.2) is 0 Å². The molecule has 2 aliphatic rings. The molecular weight excluding hydrogens is 244 g/mol. The van der Waals surface area contributed by atoms with Crippen LogP contribution in [0.4, 0.5) is 0 Å². The van der Waals surface area contributed by atoms with Gasteiger partial charge in [-0.25, -0.2) is 4.98 Å². The molecule has 0 bridgehead atoms. The summed E-state index contributed by atoms with van der Waals surface area (Å²) >= 11 is 0. The molecule has 0 fully saturated rings. The molecule has 2 aromatic rings. The Bertz CT molecular complexity index is 612. The van der Waals surface area contributed by atoms with Gasteiger partial charge >= 0.3 is 0 Å². The van der Waals surface area contributed by atoms with E-state index in [1.165, 1.54) is 56.3 Å². The van der Waals surface area contributed by atoms with Gasteiger partial charge in [0.05, 0.1) is 12.0 Å². The molecule has 2 aliphatic carbocycles. The summed E-state index contributed by atoms with van der Waals surface area (Å²) in [7, 11) is 0. The zero-order valence-electron chi connectivity index (χ0n) is 12.0. The van der Waals surface area contributed by atoms with Gasteiger partial charge in [-0.3, -0.25) is 0 Å². The molecule has 0 spiro atoms. The Balaban J connectivity index is 1.62. The minimum Gasteiger partial charge on any atom is -0.334 e. The van der Waals surface area contributed by atoms with Gasteiger partial charge in [-0.2, -0.15) is 0 Å². The van der Waals surface area contributed by atoms with Crippen molar-refractivity contribution in [2.45, 2.75) is 57.4 Å².